The van der Waals surface area contributed by atoms with E-state index in [0.717, 1.165) is 42.6 Å². The molecule has 0 aliphatic carbocycles. The Morgan fingerprint density at radius 2 is 2.29 bits per heavy atom. The molecule has 1 unspecified atom stereocenters. The summed E-state index contributed by atoms with van der Waals surface area (Å²) in [5, 5.41) is 3.93. The van der Waals surface area contributed by atoms with Crippen molar-refractivity contribution >= 4 is 33.5 Å². The highest BCUT2D eigenvalue weighted by Gasteiger charge is 2.31. The molecule has 0 radical (unpaired) electrons. The first-order valence-corrected chi connectivity index (χ1v) is 8.37. The van der Waals surface area contributed by atoms with Crippen molar-refractivity contribution in [2.75, 3.05) is 32.8 Å². The molecule has 1 saturated heterocycles. The number of nitrogens with zero attached hydrogens (tertiary/aromatic N) is 1. The van der Waals surface area contributed by atoms with Gasteiger partial charge in [0.05, 0.1) is 6.61 Å². The molecule has 1 aliphatic rings. The second-order valence-corrected chi connectivity index (χ2v) is 6.28. The van der Waals surface area contributed by atoms with Crippen molar-refractivity contribution in [3.63, 3.8) is 0 Å². The smallest absolute Gasteiger partial charge is 0.328 e. The van der Waals surface area contributed by atoms with E-state index >= 15 is 0 Å². The average Bonchev–Trinajstić information content (AvgIpc) is 2.71. The molecule has 1 atom stereocenters. The van der Waals surface area contributed by atoms with Gasteiger partial charge < -0.3 is 10.1 Å². The normalized spacial score (nSPS) is 18.0. The van der Waals surface area contributed by atoms with E-state index in [4.69, 9.17) is 16.3 Å². The minimum Gasteiger partial charge on any atom is -0.465 e. The van der Waals surface area contributed by atoms with Gasteiger partial charge in [0.25, 0.3) is 0 Å². The summed E-state index contributed by atoms with van der Waals surface area (Å²) < 4.78 is 6.17. The fraction of sp³-hybridized carbons (Fsp3) is 0.533. The molecule has 4 nitrogen and oxygen atoms in total. The van der Waals surface area contributed by atoms with E-state index in [1.807, 2.05) is 25.1 Å². The van der Waals surface area contributed by atoms with Crippen molar-refractivity contribution in [1.82, 2.24) is 10.2 Å². The van der Waals surface area contributed by atoms with Gasteiger partial charge in [-0.2, -0.15) is 0 Å². The van der Waals surface area contributed by atoms with Crippen LogP contribution in [0.2, 0.25) is 5.02 Å². The number of hydrogen-bond donors (Lipinski definition) is 1. The van der Waals surface area contributed by atoms with Crippen LogP contribution < -0.4 is 5.32 Å². The molecule has 116 valence electrons. The van der Waals surface area contributed by atoms with Crippen molar-refractivity contribution in [2.45, 2.75) is 19.4 Å². The number of carbonyl (C=O) groups is 1. The Bertz CT molecular complexity index is 491. The van der Waals surface area contributed by atoms with Gasteiger partial charge in [-0.15, -0.1) is 0 Å². The highest BCUT2D eigenvalue weighted by molar-refractivity contribution is 9.10. The largest absolute Gasteiger partial charge is 0.465 e. The lowest BCUT2D eigenvalue weighted by Gasteiger charge is -2.29. The molecular weight excluding hydrogens is 356 g/mol. The molecule has 0 bridgehead atoms. The monoisotopic (exact) mass is 374 g/mol. The van der Waals surface area contributed by atoms with Gasteiger partial charge in [0, 0.05) is 29.1 Å². The highest BCUT2D eigenvalue weighted by atomic mass is 79.9. The lowest BCUT2D eigenvalue weighted by Crippen LogP contribution is -2.37. The van der Waals surface area contributed by atoms with Gasteiger partial charge in [0.15, 0.2) is 0 Å². The zero-order valence-electron chi connectivity index (χ0n) is 12.1. The molecule has 1 N–H and O–H groups in total. The first-order valence-electron chi connectivity index (χ1n) is 7.20. The number of benzene rings is 1. The number of esters is 1. The minimum absolute atomic E-state index is 0.233. The van der Waals surface area contributed by atoms with Crippen LogP contribution in [0.15, 0.2) is 22.7 Å². The van der Waals surface area contributed by atoms with Crippen molar-refractivity contribution in [1.29, 1.82) is 0 Å². The fourth-order valence-corrected chi connectivity index (χ4v) is 3.32. The van der Waals surface area contributed by atoms with Crippen LogP contribution in [0, 0.1) is 0 Å². The van der Waals surface area contributed by atoms with E-state index in [9.17, 15) is 4.79 Å². The summed E-state index contributed by atoms with van der Waals surface area (Å²) in [6.07, 6.45) is 1.00. The third-order valence-corrected chi connectivity index (χ3v) is 4.33. The Hall–Kier alpha value is -0.620. The number of nitrogens with one attached hydrogen (secondary N) is 1. The van der Waals surface area contributed by atoms with Crippen LogP contribution in [0.4, 0.5) is 0 Å². The Balaban J connectivity index is 2.32. The molecule has 6 heteroatoms. The lowest BCUT2D eigenvalue weighted by atomic mass is 10.0. The second kappa shape index (κ2) is 8.13. The van der Waals surface area contributed by atoms with Gasteiger partial charge >= 0.3 is 5.97 Å². The summed E-state index contributed by atoms with van der Waals surface area (Å²) in [7, 11) is 0. The maximum absolute atomic E-state index is 12.4. The SMILES string of the molecule is CCOC(=O)C(c1ccc(Br)cc1Cl)N1CCCNCC1. The highest BCUT2D eigenvalue weighted by Crippen LogP contribution is 2.31. The molecule has 1 aromatic carbocycles. The molecule has 0 spiro atoms. The fourth-order valence-electron chi connectivity index (χ4n) is 2.54. The second-order valence-electron chi connectivity index (χ2n) is 4.96. The molecule has 1 aliphatic heterocycles. The van der Waals surface area contributed by atoms with Crippen LogP contribution in [0.3, 0.4) is 0 Å². The third-order valence-electron chi connectivity index (χ3n) is 3.51. The maximum Gasteiger partial charge on any atom is 0.328 e. The van der Waals surface area contributed by atoms with Gasteiger partial charge in [-0.1, -0.05) is 33.6 Å². The molecule has 21 heavy (non-hydrogen) atoms. The topological polar surface area (TPSA) is 41.6 Å². The van der Waals surface area contributed by atoms with Crippen LogP contribution in [0.1, 0.15) is 24.9 Å². The van der Waals surface area contributed by atoms with Gasteiger partial charge in [-0.05, 0) is 37.6 Å². The first kappa shape index (κ1) is 16.7. The van der Waals surface area contributed by atoms with E-state index in [1.165, 1.54) is 0 Å². The van der Waals surface area contributed by atoms with Crippen molar-refractivity contribution in [2.24, 2.45) is 0 Å². The van der Waals surface area contributed by atoms with Crippen LogP contribution in [0.25, 0.3) is 0 Å². The first-order chi connectivity index (χ1) is 10.1. The zero-order chi connectivity index (χ0) is 15.2. The summed E-state index contributed by atoms with van der Waals surface area (Å²) in [5.74, 6) is -0.233. The summed E-state index contributed by atoms with van der Waals surface area (Å²) >= 11 is 9.75. The molecule has 1 aromatic rings. The van der Waals surface area contributed by atoms with E-state index in [2.05, 4.69) is 26.1 Å². The number of ether oxygens (including phenoxy) is 1. The predicted octanol–water partition coefficient (Wildman–Crippen LogP) is 3.00. The average molecular weight is 376 g/mol. The van der Waals surface area contributed by atoms with Crippen molar-refractivity contribution < 1.29 is 9.53 Å². The maximum atomic E-state index is 12.4. The molecule has 0 aromatic heterocycles. The Morgan fingerprint density at radius 3 is 3.00 bits per heavy atom. The summed E-state index contributed by atoms with van der Waals surface area (Å²) in [5.41, 5.74) is 0.806. The summed E-state index contributed by atoms with van der Waals surface area (Å²) in [6.45, 7) is 5.68. The molecule has 1 fully saturated rings. The molecule has 1 heterocycles. The van der Waals surface area contributed by atoms with Crippen LogP contribution in [0.5, 0.6) is 0 Å². The van der Waals surface area contributed by atoms with Gasteiger partial charge in [0.2, 0.25) is 0 Å². The van der Waals surface area contributed by atoms with Crippen molar-refractivity contribution in [3.8, 4) is 0 Å². The standard InChI is InChI=1S/C15H20BrClN2O2/c1-2-21-15(20)14(19-8-3-6-18-7-9-19)12-5-4-11(16)10-13(12)17/h4-5,10,14,18H,2-3,6-9H2,1H3. The number of carbonyl (C=O) groups excluding carboxylic acids is 1. The number of hydrogen-bond acceptors (Lipinski definition) is 4. The molecule has 0 saturated carbocycles. The number of halogens is 2. The Morgan fingerprint density at radius 1 is 1.48 bits per heavy atom. The van der Waals surface area contributed by atoms with E-state index in [-0.39, 0.29) is 5.97 Å². The van der Waals surface area contributed by atoms with E-state index in [1.54, 1.807) is 0 Å². The molecular formula is C15H20BrClN2O2. The lowest BCUT2D eigenvalue weighted by molar-refractivity contribution is -0.149. The van der Waals surface area contributed by atoms with Crippen LogP contribution >= 0.6 is 27.5 Å². The summed E-state index contributed by atoms with van der Waals surface area (Å²) in [4.78, 5) is 14.6. The van der Waals surface area contributed by atoms with Gasteiger partial charge in [-0.3, -0.25) is 4.90 Å². The third kappa shape index (κ3) is 4.42. The van der Waals surface area contributed by atoms with E-state index < -0.39 is 6.04 Å². The Kier molecular flexibility index (Phi) is 6.48. The van der Waals surface area contributed by atoms with E-state index in [0.29, 0.717) is 11.6 Å². The van der Waals surface area contributed by atoms with Crippen LogP contribution in [-0.4, -0.2) is 43.7 Å². The quantitative estimate of drug-likeness (QED) is 0.822. The molecule has 0 amide bonds. The van der Waals surface area contributed by atoms with Gasteiger partial charge in [0.1, 0.15) is 6.04 Å². The number of rotatable bonds is 4. The van der Waals surface area contributed by atoms with Crippen molar-refractivity contribution in [3.05, 3.63) is 33.3 Å². The Labute approximate surface area is 138 Å². The summed E-state index contributed by atoms with van der Waals surface area (Å²) in [6, 6.07) is 5.18. The predicted molar refractivity (Wildman–Crippen MR) is 87.6 cm³/mol. The van der Waals surface area contributed by atoms with Gasteiger partial charge in [-0.25, -0.2) is 4.79 Å². The van der Waals surface area contributed by atoms with Crippen LogP contribution in [-0.2, 0) is 9.53 Å². The zero-order valence-corrected chi connectivity index (χ0v) is 14.4. The molecule has 2 rings (SSSR count). The minimum atomic E-state index is -0.439.